The Morgan fingerprint density at radius 1 is 0.886 bits per heavy atom. The van der Waals surface area contributed by atoms with Crippen LogP contribution in [0.1, 0.15) is 17.8 Å². The summed E-state index contributed by atoms with van der Waals surface area (Å²) in [5.41, 5.74) is 3.66. The Hall–Kier alpha value is -4.92. The second kappa shape index (κ2) is 8.45. The van der Waals surface area contributed by atoms with E-state index in [0.29, 0.717) is 29.3 Å². The third-order valence-electron chi connectivity index (χ3n) is 5.95. The summed E-state index contributed by atoms with van der Waals surface area (Å²) >= 11 is 0. The Morgan fingerprint density at radius 2 is 1.71 bits per heavy atom. The van der Waals surface area contributed by atoms with Crippen LogP contribution in [0.5, 0.6) is 0 Å². The minimum absolute atomic E-state index is 0.243. The Kier molecular flexibility index (Phi) is 4.99. The first-order chi connectivity index (χ1) is 17.2. The first-order valence-electron chi connectivity index (χ1n) is 11.1. The maximum Gasteiger partial charge on any atom is 0.241 e. The molecular weight excluding hydrogens is 442 g/mol. The van der Waals surface area contributed by atoms with Crippen LogP contribution < -0.4 is 10.2 Å². The fourth-order valence-electron chi connectivity index (χ4n) is 4.34. The number of hydrogen-bond acceptors (Lipinski definition) is 6. The molecule has 3 heterocycles. The highest BCUT2D eigenvalue weighted by atomic mass is 16.2. The molecule has 0 spiro atoms. The van der Waals surface area contributed by atoms with Crippen LogP contribution in [-0.4, -0.2) is 37.0 Å². The van der Waals surface area contributed by atoms with Crippen LogP contribution in [0.3, 0.4) is 0 Å². The Bertz CT molecular complexity index is 1560. The van der Waals surface area contributed by atoms with Gasteiger partial charge in [-0.1, -0.05) is 36.4 Å². The molecule has 0 aliphatic carbocycles. The van der Waals surface area contributed by atoms with Gasteiger partial charge in [-0.05, 0) is 57.8 Å². The van der Waals surface area contributed by atoms with Crippen LogP contribution in [0.15, 0.2) is 85.2 Å². The first-order valence-corrected chi connectivity index (χ1v) is 11.1. The summed E-state index contributed by atoms with van der Waals surface area (Å²) in [4.78, 5) is 31.3. The number of anilines is 3. The number of nitrogens with zero attached hydrogens (tertiary/aromatic N) is 6. The van der Waals surface area contributed by atoms with Crippen LogP contribution in [0, 0.1) is 0 Å². The molecule has 0 bridgehead atoms. The van der Waals surface area contributed by atoms with E-state index in [9.17, 15) is 9.59 Å². The second-order valence-electron chi connectivity index (χ2n) is 8.20. The molecule has 0 fully saturated rings. The topological polar surface area (TPSA) is 106 Å². The van der Waals surface area contributed by atoms with E-state index in [1.54, 1.807) is 22.0 Å². The molecule has 0 saturated carbocycles. The molecule has 9 nitrogen and oxygen atoms in total. The maximum atomic E-state index is 13.1. The van der Waals surface area contributed by atoms with E-state index in [2.05, 4.69) is 25.8 Å². The molecule has 0 radical (unpaired) electrons. The van der Waals surface area contributed by atoms with Gasteiger partial charge in [0.15, 0.2) is 5.82 Å². The Labute approximate surface area is 200 Å². The summed E-state index contributed by atoms with van der Waals surface area (Å²) in [7, 11) is 0. The molecule has 2 amide bonds. The normalized spacial score (nSPS) is 13.4. The fraction of sp³-hybridized carbons (Fsp3) is 0.0769. The largest absolute Gasteiger partial charge is 0.323 e. The number of rotatable bonds is 4. The van der Waals surface area contributed by atoms with E-state index < -0.39 is 0 Å². The SMILES string of the molecule is O=C1CC(=O)N(c2ccc(-n3nnnc3Cc3cccnc3)cc2)c2ccc3ccccc3c2N1. The summed E-state index contributed by atoms with van der Waals surface area (Å²) in [5.74, 6) is 0.0348. The highest BCUT2D eigenvalue weighted by Gasteiger charge is 2.28. The Morgan fingerprint density at radius 3 is 2.54 bits per heavy atom. The average molecular weight is 461 g/mol. The van der Waals surface area contributed by atoms with Gasteiger partial charge in [0, 0.05) is 29.9 Å². The summed E-state index contributed by atoms with van der Waals surface area (Å²) in [6, 6.07) is 22.8. The van der Waals surface area contributed by atoms with Gasteiger partial charge in [0.05, 0.1) is 17.1 Å². The number of fused-ring (bicyclic) bond motifs is 3. The highest BCUT2D eigenvalue weighted by Crippen LogP contribution is 2.40. The van der Waals surface area contributed by atoms with Gasteiger partial charge in [0.25, 0.3) is 0 Å². The molecular formula is C26H19N7O2. The molecule has 35 heavy (non-hydrogen) atoms. The van der Waals surface area contributed by atoms with Gasteiger partial charge in [-0.25, -0.2) is 0 Å². The predicted octanol–water partition coefficient (Wildman–Crippen LogP) is 3.81. The molecule has 5 aromatic rings. The minimum Gasteiger partial charge on any atom is -0.323 e. The van der Waals surface area contributed by atoms with Crippen molar-refractivity contribution in [2.75, 3.05) is 10.2 Å². The van der Waals surface area contributed by atoms with Gasteiger partial charge in [0.2, 0.25) is 11.8 Å². The zero-order valence-corrected chi connectivity index (χ0v) is 18.5. The summed E-state index contributed by atoms with van der Waals surface area (Å²) in [5, 5.41) is 16.9. The average Bonchev–Trinajstić information content (AvgIpc) is 3.29. The minimum atomic E-state index is -0.333. The van der Waals surface area contributed by atoms with Crippen molar-refractivity contribution in [3.8, 4) is 5.69 Å². The Balaban J connectivity index is 1.38. The molecule has 2 aromatic heterocycles. The summed E-state index contributed by atoms with van der Waals surface area (Å²) < 4.78 is 1.66. The summed E-state index contributed by atoms with van der Waals surface area (Å²) in [6.07, 6.45) is 3.79. The molecule has 3 aromatic carbocycles. The lowest BCUT2D eigenvalue weighted by Gasteiger charge is -2.23. The smallest absolute Gasteiger partial charge is 0.241 e. The molecule has 1 aliphatic rings. The lowest BCUT2D eigenvalue weighted by Crippen LogP contribution is -2.26. The highest BCUT2D eigenvalue weighted by molar-refractivity contribution is 6.21. The lowest BCUT2D eigenvalue weighted by atomic mass is 10.1. The van der Waals surface area contributed by atoms with Gasteiger partial charge in [-0.3, -0.25) is 19.5 Å². The zero-order chi connectivity index (χ0) is 23.8. The number of carbonyl (C=O) groups excluding carboxylic acids is 2. The van der Waals surface area contributed by atoms with Crippen LogP contribution in [0.2, 0.25) is 0 Å². The van der Waals surface area contributed by atoms with Crippen LogP contribution in [-0.2, 0) is 16.0 Å². The van der Waals surface area contributed by atoms with Gasteiger partial charge in [0.1, 0.15) is 6.42 Å². The molecule has 0 saturated heterocycles. The second-order valence-corrected chi connectivity index (χ2v) is 8.20. The molecule has 0 atom stereocenters. The van der Waals surface area contributed by atoms with Crippen molar-refractivity contribution in [1.29, 1.82) is 0 Å². The van der Waals surface area contributed by atoms with Gasteiger partial charge < -0.3 is 5.32 Å². The summed E-state index contributed by atoms with van der Waals surface area (Å²) in [6.45, 7) is 0. The van der Waals surface area contributed by atoms with Crippen molar-refractivity contribution in [2.45, 2.75) is 12.8 Å². The number of pyridine rings is 1. The number of carbonyl (C=O) groups is 2. The first kappa shape index (κ1) is 20.7. The molecule has 0 unspecified atom stereocenters. The number of tetrazole rings is 1. The molecule has 6 rings (SSSR count). The van der Waals surface area contributed by atoms with E-state index in [0.717, 1.165) is 22.0 Å². The van der Waals surface area contributed by atoms with Crippen molar-refractivity contribution < 1.29 is 9.59 Å². The van der Waals surface area contributed by atoms with Gasteiger partial charge >= 0.3 is 0 Å². The maximum absolute atomic E-state index is 13.1. The molecule has 170 valence electrons. The van der Waals surface area contributed by atoms with Crippen molar-refractivity contribution >= 4 is 39.6 Å². The third kappa shape index (κ3) is 3.78. The number of amides is 2. The van der Waals surface area contributed by atoms with Gasteiger partial charge in [-0.15, -0.1) is 5.10 Å². The van der Waals surface area contributed by atoms with Crippen molar-refractivity contribution in [2.24, 2.45) is 0 Å². The van der Waals surface area contributed by atoms with Crippen LogP contribution >= 0.6 is 0 Å². The number of benzene rings is 3. The third-order valence-corrected chi connectivity index (χ3v) is 5.95. The molecule has 9 heteroatoms. The van der Waals surface area contributed by atoms with Crippen LogP contribution in [0.4, 0.5) is 17.1 Å². The monoisotopic (exact) mass is 461 g/mol. The molecule has 1 aliphatic heterocycles. The van der Waals surface area contributed by atoms with Crippen LogP contribution in [0.25, 0.3) is 16.5 Å². The zero-order valence-electron chi connectivity index (χ0n) is 18.5. The van der Waals surface area contributed by atoms with E-state index in [4.69, 9.17) is 0 Å². The van der Waals surface area contributed by atoms with Crippen molar-refractivity contribution in [3.63, 3.8) is 0 Å². The molecule has 1 N–H and O–H groups in total. The number of hydrogen-bond donors (Lipinski definition) is 1. The number of aromatic nitrogens is 5. The number of nitrogens with one attached hydrogen (secondary N) is 1. The van der Waals surface area contributed by atoms with E-state index in [-0.39, 0.29) is 18.2 Å². The van der Waals surface area contributed by atoms with E-state index >= 15 is 0 Å². The van der Waals surface area contributed by atoms with E-state index in [1.807, 2.05) is 72.8 Å². The van der Waals surface area contributed by atoms with E-state index in [1.165, 1.54) is 0 Å². The quantitative estimate of drug-likeness (QED) is 0.408. The van der Waals surface area contributed by atoms with Crippen molar-refractivity contribution in [3.05, 3.63) is 96.6 Å². The van der Waals surface area contributed by atoms with Gasteiger partial charge in [-0.2, -0.15) is 4.68 Å². The predicted molar refractivity (Wildman–Crippen MR) is 131 cm³/mol. The fourth-order valence-corrected chi connectivity index (χ4v) is 4.34. The lowest BCUT2D eigenvalue weighted by molar-refractivity contribution is -0.124. The standard InChI is InChI=1S/C26H19N7O2/c34-24-15-25(35)32(22-12-7-18-5-1-2-6-21(18)26(22)28-24)19-8-10-20(11-9-19)33-23(29-30-31-33)14-17-4-3-13-27-16-17/h1-13,16H,14-15H2,(H,28,34). The van der Waals surface area contributed by atoms with Crippen molar-refractivity contribution in [1.82, 2.24) is 25.2 Å².